The lowest BCUT2D eigenvalue weighted by atomic mass is 9.82. The molecule has 0 aromatic heterocycles. The van der Waals surface area contributed by atoms with Crippen molar-refractivity contribution in [3.63, 3.8) is 0 Å². The van der Waals surface area contributed by atoms with Gasteiger partial charge in [-0.15, -0.1) is 0 Å². The summed E-state index contributed by atoms with van der Waals surface area (Å²) in [6.45, 7) is 6.20. The van der Waals surface area contributed by atoms with Crippen molar-refractivity contribution < 1.29 is 5.11 Å². The summed E-state index contributed by atoms with van der Waals surface area (Å²) in [4.78, 5) is 0. The lowest BCUT2D eigenvalue weighted by Crippen LogP contribution is -2.30. The Morgan fingerprint density at radius 2 is 1.93 bits per heavy atom. The molecule has 76 valence electrons. The summed E-state index contributed by atoms with van der Waals surface area (Å²) < 4.78 is 0. The Bertz CT molecular complexity index is 354. The molecule has 2 unspecified atom stereocenters. The van der Waals surface area contributed by atoms with Crippen LogP contribution in [0.25, 0.3) is 0 Å². The van der Waals surface area contributed by atoms with Crippen molar-refractivity contribution in [3.8, 4) is 0 Å². The summed E-state index contributed by atoms with van der Waals surface area (Å²) in [6.07, 6.45) is 1.80. The molecule has 1 nitrogen and oxygen atoms in total. The fourth-order valence-electron chi connectivity index (χ4n) is 2.32. The zero-order valence-corrected chi connectivity index (χ0v) is 9.17. The first kappa shape index (κ1) is 9.72. The van der Waals surface area contributed by atoms with E-state index in [4.69, 9.17) is 0 Å². The van der Waals surface area contributed by atoms with E-state index in [1.807, 2.05) is 6.92 Å². The zero-order valence-electron chi connectivity index (χ0n) is 9.17. The Labute approximate surface area is 85.8 Å². The maximum atomic E-state index is 9.75. The molecule has 0 radical (unpaired) electrons. The summed E-state index contributed by atoms with van der Waals surface area (Å²) in [6, 6.07) is 6.62. The quantitative estimate of drug-likeness (QED) is 0.721. The van der Waals surface area contributed by atoms with Crippen LogP contribution in [0, 0.1) is 12.3 Å². The molecule has 0 saturated heterocycles. The van der Waals surface area contributed by atoms with Crippen LogP contribution in [0.2, 0.25) is 0 Å². The predicted molar refractivity (Wildman–Crippen MR) is 58.4 cm³/mol. The fraction of sp³-hybridized carbons (Fsp3) is 0.538. The second kappa shape index (κ2) is 3.09. The molecule has 0 fully saturated rings. The van der Waals surface area contributed by atoms with E-state index in [1.165, 1.54) is 16.7 Å². The van der Waals surface area contributed by atoms with Crippen molar-refractivity contribution in [2.45, 2.75) is 39.7 Å². The van der Waals surface area contributed by atoms with E-state index in [0.717, 1.165) is 12.8 Å². The Morgan fingerprint density at radius 3 is 2.57 bits per heavy atom. The maximum absolute atomic E-state index is 9.75. The van der Waals surface area contributed by atoms with Gasteiger partial charge in [-0.1, -0.05) is 30.7 Å². The predicted octanol–water partition coefficient (Wildman–Crippen LogP) is 2.48. The van der Waals surface area contributed by atoms with Crippen molar-refractivity contribution in [2.24, 2.45) is 5.41 Å². The van der Waals surface area contributed by atoms with Crippen LogP contribution in [0.15, 0.2) is 18.2 Å². The van der Waals surface area contributed by atoms with Crippen molar-refractivity contribution in [1.82, 2.24) is 0 Å². The van der Waals surface area contributed by atoms with Crippen LogP contribution in [0.1, 0.15) is 30.5 Å². The molecule has 0 saturated carbocycles. The average Bonchev–Trinajstić information content (AvgIpc) is 2.42. The number of rotatable bonds is 1. The van der Waals surface area contributed by atoms with Crippen LogP contribution in [0.3, 0.4) is 0 Å². The Kier molecular flexibility index (Phi) is 2.15. The molecule has 1 N–H and O–H groups in total. The van der Waals surface area contributed by atoms with Gasteiger partial charge >= 0.3 is 0 Å². The molecule has 1 heteroatoms. The van der Waals surface area contributed by atoms with Crippen LogP contribution >= 0.6 is 0 Å². The third-order valence-corrected chi connectivity index (χ3v) is 3.56. The number of aliphatic hydroxyl groups is 1. The Balaban J connectivity index is 2.34. The van der Waals surface area contributed by atoms with Gasteiger partial charge in [0.15, 0.2) is 0 Å². The summed E-state index contributed by atoms with van der Waals surface area (Å²) in [5.41, 5.74) is 4.21. The van der Waals surface area contributed by atoms with E-state index >= 15 is 0 Å². The highest BCUT2D eigenvalue weighted by atomic mass is 16.3. The summed E-state index contributed by atoms with van der Waals surface area (Å²) in [7, 11) is 0. The first-order valence-corrected chi connectivity index (χ1v) is 5.28. The molecule has 1 aromatic rings. The fourth-order valence-corrected chi connectivity index (χ4v) is 2.32. The van der Waals surface area contributed by atoms with Gasteiger partial charge in [0.2, 0.25) is 0 Å². The molecular weight excluding hydrogens is 172 g/mol. The molecule has 1 aliphatic rings. The van der Waals surface area contributed by atoms with Gasteiger partial charge in [-0.3, -0.25) is 0 Å². The minimum atomic E-state index is -0.227. The van der Waals surface area contributed by atoms with Crippen LogP contribution in [-0.2, 0) is 12.8 Å². The molecular formula is C13H18O. The molecule has 0 spiro atoms. The SMILES string of the molecule is Cc1ccc2c(c1)CC(C)(C(C)O)C2. The number of aliphatic hydroxyl groups excluding tert-OH is 1. The zero-order chi connectivity index (χ0) is 10.3. The van der Waals surface area contributed by atoms with E-state index < -0.39 is 0 Å². The maximum Gasteiger partial charge on any atom is 0.0572 e. The third kappa shape index (κ3) is 1.46. The standard InChI is InChI=1S/C13H18O/c1-9-4-5-11-7-13(3,10(2)14)8-12(11)6-9/h4-6,10,14H,7-8H2,1-3H3. The van der Waals surface area contributed by atoms with E-state index in [1.54, 1.807) is 0 Å². The second-order valence-corrected chi connectivity index (χ2v) is 4.96. The van der Waals surface area contributed by atoms with Crippen molar-refractivity contribution in [1.29, 1.82) is 0 Å². The van der Waals surface area contributed by atoms with Crippen molar-refractivity contribution >= 4 is 0 Å². The molecule has 0 aliphatic heterocycles. The van der Waals surface area contributed by atoms with Crippen LogP contribution in [-0.4, -0.2) is 11.2 Å². The monoisotopic (exact) mass is 190 g/mol. The first-order valence-electron chi connectivity index (χ1n) is 5.28. The van der Waals surface area contributed by atoms with E-state index in [-0.39, 0.29) is 11.5 Å². The van der Waals surface area contributed by atoms with Gasteiger partial charge in [0.25, 0.3) is 0 Å². The molecule has 0 heterocycles. The third-order valence-electron chi connectivity index (χ3n) is 3.56. The van der Waals surface area contributed by atoms with E-state index in [2.05, 4.69) is 32.0 Å². The van der Waals surface area contributed by atoms with Gasteiger partial charge < -0.3 is 5.11 Å². The summed E-state index contributed by atoms with van der Waals surface area (Å²) >= 11 is 0. The Hall–Kier alpha value is -0.820. The molecule has 14 heavy (non-hydrogen) atoms. The largest absolute Gasteiger partial charge is 0.393 e. The number of benzene rings is 1. The number of hydrogen-bond acceptors (Lipinski definition) is 1. The van der Waals surface area contributed by atoms with Gasteiger partial charge in [-0.25, -0.2) is 0 Å². The molecule has 1 aromatic carbocycles. The van der Waals surface area contributed by atoms with Crippen molar-refractivity contribution in [3.05, 3.63) is 34.9 Å². The molecule has 1 aliphatic carbocycles. The minimum absolute atomic E-state index is 0.0517. The lowest BCUT2D eigenvalue weighted by molar-refractivity contribution is 0.0602. The second-order valence-electron chi connectivity index (χ2n) is 4.96. The lowest BCUT2D eigenvalue weighted by Gasteiger charge is -2.26. The molecule has 2 atom stereocenters. The number of hydrogen-bond donors (Lipinski definition) is 1. The number of fused-ring (bicyclic) bond motifs is 1. The van der Waals surface area contributed by atoms with Crippen molar-refractivity contribution in [2.75, 3.05) is 0 Å². The minimum Gasteiger partial charge on any atom is -0.393 e. The van der Waals surface area contributed by atoms with Gasteiger partial charge in [-0.05, 0) is 37.8 Å². The van der Waals surface area contributed by atoms with E-state index in [0.29, 0.717) is 0 Å². The normalized spacial score (nSPS) is 27.4. The highest BCUT2D eigenvalue weighted by molar-refractivity contribution is 5.37. The van der Waals surface area contributed by atoms with Gasteiger partial charge in [-0.2, -0.15) is 0 Å². The topological polar surface area (TPSA) is 20.2 Å². The number of aryl methyl sites for hydroxylation is 1. The van der Waals surface area contributed by atoms with Gasteiger partial charge in [0.05, 0.1) is 6.10 Å². The smallest absolute Gasteiger partial charge is 0.0572 e. The molecule has 0 amide bonds. The van der Waals surface area contributed by atoms with Gasteiger partial charge in [0.1, 0.15) is 0 Å². The summed E-state index contributed by atoms with van der Waals surface area (Å²) in [5, 5.41) is 9.75. The molecule has 2 rings (SSSR count). The van der Waals surface area contributed by atoms with E-state index in [9.17, 15) is 5.11 Å². The molecule has 0 bridgehead atoms. The summed E-state index contributed by atoms with van der Waals surface area (Å²) in [5.74, 6) is 0. The van der Waals surface area contributed by atoms with Crippen LogP contribution in [0.4, 0.5) is 0 Å². The van der Waals surface area contributed by atoms with Crippen LogP contribution < -0.4 is 0 Å². The first-order chi connectivity index (χ1) is 6.51. The highest BCUT2D eigenvalue weighted by Gasteiger charge is 2.36. The Morgan fingerprint density at radius 1 is 1.29 bits per heavy atom. The van der Waals surface area contributed by atoms with Gasteiger partial charge in [0, 0.05) is 5.41 Å². The van der Waals surface area contributed by atoms with Crippen LogP contribution in [0.5, 0.6) is 0 Å². The highest BCUT2D eigenvalue weighted by Crippen LogP contribution is 2.39. The average molecular weight is 190 g/mol.